The van der Waals surface area contributed by atoms with Crippen LogP contribution in [0.3, 0.4) is 0 Å². The summed E-state index contributed by atoms with van der Waals surface area (Å²) in [6, 6.07) is 12.8. The Bertz CT molecular complexity index is 1060. The molecular weight excluding hydrogens is 426 g/mol. The normalized spacial score (nSPS) is 13.5. The first-order valence-electron chi connectivity index (χ1n) is 10.2. The first-order valence-corrected chi connectivity index (χ1v) is 10.2. The second kappa shape index (κ2) is 10.6. The van der Waals surface area contributed by atoms with Gasteiger partial charge in [0.25, 0.3) is 0 Å². The molecule has 1 heterocycles. The van der Waals surface area contributed by atoms with Crippen LogP contribution in [0.15, 0.2) is 66.0 Å². The number of hydrogen-bond acceptors (Lipinski definition) is 8. The average molecular weight is 453 g/mol. The zero-order chi connectivity index (χ0) is 24.0. The molecule has 1 aliphatic heterocycles. The van der Waals surface area contributed by atoms with Crippen LogP contribution in [0.4, 0.5) is 0 Å². The summed E-state index contributed by atoms with van der Waals surface area (Å²) >= 11 is 0. The number of rotatable bonds is 8. The zero-order valence-corrected chi connectivity index (χ0v) is 19.3. The van der Waals surface area contributed by atoms with Crippen LogP contribution in [0, 0.1) is 0 Å². The third kappa shape index (κ3) is 4.79. The maximum Gasteiger partial charge on any atom is 0.336 e. The molecule has 0 saturated heterocycles. The van der Waals surface area contributed by atoms with Gasteiger partial charge in [0, 0.05) is 23.5 Å². The highest BCUT2D eigenvalue weighted by molar-refractivity contribution is 5.99. The minimum absolute atomic E-state index is 0.252. The van der Waals surface area contributed by atoms with E-state index in [4.69, 9.17) is 23.7 Å². The molecule has 0 spiro atoms. The second-order valence-electron chi connectivity index (χ2n) is 7.15. The fourth-order valence-corrected chi connectivity index (χ4v) is 3.88. The van der Waals surface area contributed by atoms with Gasteiger partial charge in [-0.3, -0.25) is 0 Å². The van der Waals surface area contributed by atoms with Crippen LogP contribution >= 0.6 is 0 Å². The fourth-order valence-electron chi connectivity index (χ4n) is 3.88. The Hall–Kier alpha value is -3.94. The molecule has 33 heavy (non-hydrogen) atoms. The lowest BCUT2D eigenvalue weighted by Crippen LogP contribution is -2.29. The van der Waals surface area contributed by atoms with Crippen LogP contribution in [0.1, 0.15) is 17.0 Å². The number of carbonyl (C=O) groups excluding carboxylic acids is 2. The Balaban J connectivity index is 2.17. The summed E-state index contributed by atoms with van der Waals surface area (Å²) in [5.41, 5.74) is 1.95. The highest BCUT2D eigenvalue weighted by Gasteiger charge is 2.37. The molecule has 2 aromatic carbocycles. The van der Waals surface area contributed by atoms with Crippen molar-refractivity contribution in [3.8, 4) is 17.2 Å². The predicted octanol–water partition coefficient (Wildman–Crippen LogP) is 3.43. The Morgan fingerprint density at radius 3 is 1.88 bits per heavy atom. The number of nitrogens with zero attached hydrogens (tertiary/aromatic N) is 1. The minimum Gasteiger partial charge on any atom is -0.496 e. The highest BCUT2D eigenvalue weighted by Crippen LogP contribution is 2.44. The van der Waals surface area contributed by atoms with Gasteiger partial charge in [-0.25, -0.2) is 9.59 Å². The van der Waals surface area contributed by atoms with Gasteiger partial charge in [0.15, 0.2) is 11.5 Å². The van der Waals surface area contributed by atoms with Crippen LogP contribution < -0.4 is 14.2 Å². The standard InChI is InChI=1S/C25H27NO7/c1-29-20-11-7-6-9-16(20)13-26-14-18(24(27)32-4)22(19(15-26)25(28)33-5)17-10-8-12-21(30-2)23(17)31-3/h6-12,14-15,22H,13H2,1-5H3. The number of ether oxygens (including phenoxy) is 5. The maximum atomic E-state index is 12.9. The van der Waals surface area contributed by atoms with Crippen molar-refractivity contribution < 1.29 is 33.3 Å². The van der Waals surface area contributed by atoms with Gasteiger partial charge in [0.05, 0.1) is 59.2 Å². The molecule has 0 aromatic heterocycles. The molecule has 8 nitrogen and oxygen atoms in total. The Morgan fingerprint density at radius 2 is 1.33 bits per heavy atom. The summed E-state index contributed by atoms with van der Waals surface area (Å²) in [6.45, 7) is 0.354. The van der Waals surface area contributed by atoms with Crippen molar-refractivity contribution in [2.75, 3.05) is 35.5 Å². The third-order valence-corrected chi connectivity index (χ3v) is 5.36. The summed E-state index contributed by atoms with van der Waals surface area (Å²) < 4.78 is 26.6. The molecule has 0 aliphatic carbocycles. The summed E-state index contributed by atoms with van der Waals surface area (Å²) in [7, 11) is 7.20. The van der Waals surface area contributed by atoms with E-state index in [1.807, 2.05) is 24.3 Å². The van der Waals surface area contributed by atoms with Crippen LogP contribution in [-0.2, 0) is 25.6 Å². The molecule has 0 unspecified atom stereocenters. The lowest BCUT2D eigenvalue weighted by Gasteiger charge is -2.31. The van der Waals surface area contributed by atoms with Gasteiger partial charge in [0.2, 0.25) is 0 Å². The third-order valence-electron chi connectivity index (χ3n) is 5.36. The lowest BCUT2D eigenvalue weighted by atomic mass is 9.82. The first kappa shape index (κ1) is 23.7. The summed E-state index contributed by atoms with van der Waals surface area (Å²) in [6.07, 6.45) is 3.32. The molecule has 0 radical (unpaired) electrons. The van der Waals surface area contributed by atoms with E-state index in [-0.39, 0.29) is 11.1 Å². The molecule has 0 N–H and O–H groups in total. The highest BCUT2D eigenvalue weighted by atomic mass is 16.5. The van der Waals surface area contributed by atoms with Crippen molar-refractivity contribution in [3.05, 3.63) is 77.1 Å². The number of methoxy groups -OCH3 is 5. The van der Waals surface area contributed by atoms with Crippen molar-refractivity contribution >= 4 is 11.9 Å². The minimum atomic E-state index is -0.788. The monoisotopic (exact) mass is 453 g/mol. The molecule has 1 aliphatic rings. The second-order valence-corrected chi connectivity index (χ2v) is 7.15. The van der Waals surface area contributed by atoms with E-state index < -0.39 is 17.9 Å². The molecule has 0 fully saturated rings. The van der Waals surface area contributed by atoms with Gasteiger partial charge < -0.3 is 28.6 Å². The fraction of sp³-hybridized carbons (Fsp3) is 0.280. The molecular formula is C25H27NO7. The van der Waals surface area contributed by atoms with Gasteiger partial charge in [0.1, 0.15) is 5.75 Å². The van der Waals surface area contributed by atoms with E-state index in [2.05, 4.69) is 0 Å². The molecule has 174 valence electrons. The van der Waals surface area contributed by atoms with E-state index in [1.165, 1.54) is 28.4 Å². The average Bonchev–Trinajstić information content (AvgIpc) is 2.86. The van der Waals surface area contributed by atoms with E-state index in [0.29, 0.717) is 29.4 Å². The van der Waals surface area contributed by atoms with Gasteiger partial charge in [-0.2, -0.15) is 0 Å². The SMILES string of the molecule is COC(=O)C1=CN(Cc2ccccc2OC)C=C(C(=O)OC)C1c1cccc(OC)c1OC. The maximum absolute atomic E-state index is 12.9. The number of hydrogen-bond donors (Lipinski definition) is 0. The quantitative estimate of drug-likeness (QED) is 0.563. The van der Waals surface area contributed by atoms with E-state index in [0.717, 1.165) is 5.56 Å². The van der Waals surface area contributed by atoms with E-state index in [1.54, 1.807) is 42.6 Å². The van der Waals surface area contributed by atoms with E-state index in [9.17, 15) is 9.59 Å². The van der Waals surface area contributed by atoms with Crippen molar-refractivity contribution in [2.45, 2.75) is 12.5 Å². The van der Waals surface area contributed by atoms with Crippen LogP contribution in [-0.4, -0.2) is 52.4 Å². The van der Waals surface area contributed by atoms with Crippen molar-refractivity contribution in [1.82, 2.24) is 4.90 Å². The molecule has 8 heteroatoms. The molecule has 3 rings (SSSR count). The summed E-state index contributed by atoms with van der Waals surface area (Å²) in [5.74, 6) is -0.375. The number of carbonyl (C=O) groups is 2. The zero-order valence-electron chi connectivity index (χ0n) is 19.3. The summed E-state index contributed by atoms with van der Waals surface area (Å²) in [4.78, 5) is 27.5. The Kier molecular flexibility index (Phi) is 7.61. The van der Waals surface area contributed by atoms with Crippen molar-refractivity contribution in [3.63, 3.8) is 0 Å². The topological polar surface area (TPSA) is 83.5 Å². The van der Waals surface area contributed by atoms with Crippen molar-refractivity contribution in [1.29, 1.82) is 0 Å². The molecule has 2 aromatic rings. The van der Waals surface area contributed by atoms with Crippen LogP contribution in [0.5, 0.6) is 17.2 Å². The smallest absolute Gasteiger partial charge is 0.336 e. The molecule has 0 bridgehead atoms. The van der Waals surface area contributed by atoms with Gasteiger partial charge in [-0.05, 0) is 12.1 Å². The molecule has 0 amide bonds. The van der Waals surface area contributed by atoms with Gasteiger partial charge in [-0.15, -0.1) is 0 Å². The number of para-hydroxylation sites is 2. The number of benzene rings is 2. The lowest BCUT2D eigenvalue weighted by molar-refractivity contribution is -0.137. The Morgan fingerprint density at radius 1 is 0.758 bits per heavy atom. The number of esters is 2. The van der Waals surface area contributed by atoms with Crippen LogP contribution in [0.2, 0.25) is 0 Å². The first-order chi connectivity index (χ1) is 16.0. The van der Waals surface area contributed by atoms with Crippen LogP contribution in [0.25, 0.3) is 0 Å². The molecule has 0 saturated carbocycles. The molecule has 0 atom stereocenters. The Labute approximate surface area is 192 Å². The van der Waals surface area contributed by atoms with Crippen molar-refractivity contribution in [2.24, 2.45) is 0 Å². The van der Waals surface area contributed by atoms with E-state index >= 15 is 0 Å². The summed E-state index contributed by atoms with van der Waals surface area (Å²) in [5, 5.41) is 0. The van der Waals surface area contributed by atoms with Gasteiger partial charge in [-0.1, -0.05) is 30.3 Å². The predicted molar refractivity (Wildman–Crippen MR) is 121 cm³/mol. The largest absolute Gasteiger partial charge is 0.496 e. The van der Waals surface area contributed by atoms with Gasteiger partial charge >= 0.3 is 11.9 Å².